The number of allylic oxidation sites excluding steroid dienone is 6. The molecule has 1 amide bonds. The van der Waals surface area contributed by atoms with Gasteiger partial charge in [-0.1, -0.05) is 65.5 Å². The topological polar surface area (TPSA) is 77.0 Å². The Morgan fingerprint density at radius 2 is 1.69 bits per heavy atom. The van der Waals surface area contributed by atoms with E-state index in [4.69, 9.17) is 9.47 Å². The Morgan fingerprint density at radius 1 is 1.13 bits per heavy atom. The number of hydrogen-bond donors (Lipinski definition) is 1. The Hall–Kier alpha value is -3.48. The summed E-state index contributed by atoms with van der Waals surface area (Å²) >= 11 is 0. The number of carbonyl (C=O) groups excluding carboxylic acids is 2. The van der Waals surface area contributed by atoms with Gasteiger partial charge in [-0.2, -0.15) is 4.39 Å². The first kappa shape index (κ1) is 37.7. The lowest BCUT2D eigenvalue weighted by molar-refractivity contribution is -0.123. The van der Waals surface area contributed by atoms with Crippen LogP contribution in [0, 0.1) is 5.92 Å². The minimum absolute atomic E-state index is 0.0114. The average Bonchev–Trinajstić information content (AvgIpc) is 2.90. The molecule has 7 heteroatoms. The van der Waals surface area contributed by atoms with E-state index in [1.54, 1.807) is 30.3 Å². The second-order valence-electron chi connectivity index (χ2n) is 8.86. The molecule has 2 unspecified atom stereocenters. The van der Waals surface area contributed by atoms with Gasteiger partial charge in [0.2, 0.25) is 11.8 Å². The molecule has 0 fully saturated rings. The van der Waals surface area contributed by atoms with Crippen molar-refractivity contribution in [3.8, 4) is 11.5 Å². The standard InChI is InChI=1S/C16H24N2O.C14H19FO3.C2H6/c1-6-8-9-10-13(3)11-12-15(14(4)17-5)18-16(19)7-2;1-5-13(10(2)16)17-11-6-8-12(9-7-11)18-14(3,4)15;1-2/h6,8-9,11-13H,1,5,7,10H2,2-4H3,(H,18,19);6-9,13H,5H2,1-4H3;1-2H3/b9-8-,12-11-,15-14+;;. The number of halogens is 1. The molecule has 0 bridgehead atoms. The van der Waals surface area contributed by atoms with Gasteiger partial charge in [-0.25, -0.2) is 0 Å². The van der Waals surface area contributed by atoms with Gasteiger partial charge in [-0.05, 0) is 69.7 Å². The molecule has 1 aromatic carbocycles. The number of ether oxygens (including phenoxy) is 2. The highest BCUT2D eigenvalue weighted by Crippen LogP contribution is 2.23. The van der Waals surface area contributed by atoms with Gasteiger partial charge in [-0.15, -0.1) is 0 Å². The smallest absolute Gasteiger partial charge is 0.242 e. The van der Waals surface area contributed by atoms with Crippen LogP contribution in [-0.4, -0.2) is 30.4 Å². The predicted molar refractivity (Wildman–Crippen MR) is 162 cm³/mol. The number of hydrogen-bond acceptors (Lipinski definition) is 5. The zero-order valence-corrected chi connectivity index (χ0v) is 25.3. The van der Waals surface area contributed by atoms with Crippen LogP contribution in [0.3, 0.4) is 0 Å². The molecule has 0 aromatic heterocycles. The molecular formula is C32H49FN2O4. The number of alkyl halides is 1. The van der Waals surface area contributed by atoms with Gasteiger partial charge in [-0.3, -0.25) is 14.6 Å². The Morgan fingerprint density at radius 3 is 2.13 bits per heavy atom. The van der Waals surface area contributed by atoms with E-state index in [1.165, 1.54) is 20.8 Å². The average molecular weight is 545 g/mol. The first-order valence-electron chi connectivity index (χ1n) is 13.4. The monoisotopic (exact) mass is 544 g/mol. The van der Waals surface area contributed by atoms with E-state index in [1.807, 2.05) is 52.8 Å². The Bertz CT molecular complexity index is 957. The molecule has 1 rings (SSSR count). The third-order valence-electron chi connectivity index (χ3n) is 4.88. The van der Waals surface area contributed by atoms with Crippen LogP contribution in [0.25, 0.3) is 0 Å². The van der Waals surface area contributed by atoms with E-state index in [-0.39, 0.29) is 11.7 Å². The molecule has 218 valence electrons. The van der Waals surface area contributed by atoms with Crippen molar-refractivity contribution in [3.63, 3.8) is 0 Å². The minimum atomic E-state index is -1.71. The van der Waals surface area contributed by atoms with Crippen LogP contribution in [0.5, 0.6) is 11.5 Å². The molecule has 2 atom stereocenters. The Labute approximate surface area is 235 Å². The first-order valence-corrected chi connectivity index (χ1v) is 13.4. The number of aliphatic imine (C=N–C) groups is 1. The lowest BCUT2D eigenvalue weighted by Crippen LogP contribution is -2.24. The highest BCUT2D eigenvalue weighted by atomic mass is 19.2. The molecule has 6 nitrogen and oxygen atoms in total. The van der Waals surface area contributed by atoms with Crippen LogP contribution in [-0.2, 0) is 9.59 Å². The zero-order valence-electron chi connectivity index (χ0n) is 25.3. The molecule has 0 aliphatic carbocycles. The second kappa shape index (κ2) is 21.5. The maximum Gasteiger partial charge on any atom is 0.242 e. The van der Waals surface area contributed by atoms with Crippen molar-refractivity contribution in [3.05, 3.63) is 72.6 Å². The van der Waals surface area contributed by atoms with Crippen LogP contribution in [0.2, 0.25) is 0 Å². The van der Waals surface area contributed by atoms with Crippen LogP contribution in [0.15, 0.2) is 77.6 Å². The van der Waals surface area contributed by atoms with E-state index < -0.39 is 12.0 Å². The van der Waals surface area contributed by atoms with E-state index >= 15 is 0 Å². The zero-order chi connectivity index (χ0) is 30.4. The molecule has 39 heavy (non-hydrogen) atoms. The minimum Gasteiger partial charge on any atom is -0.483 e. The molecule has 0 saturated heterocycles. The number of Topliss-reactive ketones (excluding diaryl/α,β-unsaturated/α-hetero) is 1. The van der Waals surface area contributed by atoms with Gasteiger partial charge in [0.05, 0.1) is 11.4 Å². The first-order chi connectivity index (χ1) is 18.4. The fourth-order valence-electron chi connectivity index (χ4n) is 2.79. The number of rotatable bonds is 14. The highest BCUT2D eigenvalue weighted by molar-refractivity contribution is 5.80. The number of ketones is 1. The summed E-state index contributed by atoms with van der Waals surface area (Å²) in [4.78, 5) is 26.5. The maximum atomic E-state index is 13.2. The normalized spacial score (nSPS) is 13.1. The van der Waals surface area contributed by atoms with Crippen molar-refractivity contribution in [2.75, 3.05) is 0 Å². The maximum absolute atomic E-state index is 13.2. The molecule has 0 spiro atoms. The Kier molecular flexibility index (Phi) is 20.7. The van der Waals surface area contributed by atoms with Crippen LogP contribution in [0.1, 0.15) is 81.6 Å². The number of benzene rings is 1. The molecular weight excluding hydrogens is 495 g/mol. The SMILES string of the molecule is C=C/C=C\CC(C)/C=C\C(NC(=O)CC)=C(\C)N=C.CC.CCC(Oc1ccc(OC(C)(C)F)cc1)C(C)=O. The Balaban J connectivity index is 0. The van der Waals surface area contributed by atoms with E-state index in [0.29, 0.717) is 41.7 Å². The lowest BCUT2D eigenvalue weighted by atomic mass is 10.1. The fraction of sp³-hybridized carbons (Fsp3) is 0.469. The number of nitrogens with one attached hydrogen (secondary N) is 1. The van der Waals surface area contributed by atoms with Crippen LogP contribution >= 0.6 is 0 Å². The van der Waals surface area contributed by atoms with E-state index in [9.17, 15) is 14.0 Å². The van der Waals surface area contributed by atoms with E-state index in [0.717, 1.165) is 6.42 Å². The summed E-state index contributed by atoms with van der Waals surface area (Å²) in [7, 11) is 0. The lowest BCUT2D eigenvalue weighted by Gasteiger charge is -2.18. The quantitative estimate of drug-likeness (QED) is 0.189. The van der Waals surface area contributed by atoms with Gasteiger partial charge < -0.3 is 14.8 Å². The summed E-state index contributed by atoms with van der Waals surface area (Å²) in [6.07, 6.45) is 11.2. The predicted octanol–water partition coefficient (Wildman–Crippen LogP) is 8.31. The summed E-state index contributed by atoms with van der Waals surface area (Å²) < 4.78 is 23.8. The van der Waals surface area contributed by atoms with Crippen molar-refractivity contribution in [1.82, 2.24) is 5.32 Å². The summed E-state index contributed by atoms with van der Waals surface area (Å²) in [5.74, 6) is -0.382. The van der Waals surface area contributed by atoms with Crippen molar-refractivity contribution in [2.24, 2.45) is 10.9 Å². The summed E-state index contributed by atoms with van der Waals surface area (Å²) in [5, 5.41) is 2.83. The largest absolute Gasteiger partial charge is 0.483 e. The summed E-state index contributed by atoms with van der Waals surface area (Å²) in [5.41, 5.74) is 1.42. The van der Waals surface area contributed by atoms with Gasteiger partial charge in [0.1, 0.15) is 11.5 Å². The van der Waals surface area contributed by atoms with Crippen LogP contribution in [0.4, 0.5) is 4.39 Å². The van der Waals surface area contributed by atoms with Gasteiger partial charge in [0, 0.05) is 20.3 Å². The number of amides is 1. The van der Waals surface area contributed by atoms with E-state index in [2.05, 4.69) is 36.6 Å². The number of nitrogens with zero attached hydrogens (tertiary/aromatic N) is 1. The van der Waals surface area contributed by atoms with Gasteiger partial charge >= 0.3 is 0 Å². The van der Waals surface area contributed by atoms with Gasteiger partial charge in [0.15, 0.2) is 11.9 Å². The molecule has 0 saturated carbocycles. The third-order valence-corrected chi connectivity index (χ3v) is 4.88. The molecule has 1 N–H and O–H groups in total. The summed E-state index contributed by atoms with van der Waals surface area (Å²) in [6, 6.07) is 6.55. The van der Waals surface area contributed by atoms with Gasteiger partial charge in [0.25, 0.3) is 0 Å². The summed E-state index contributed by atoms with van der Waals surface area (Å²) in [6.45, 7) is 22.9. The fourth-order valence-corrected chi connectivity index (χ4v) is 2.79. The molecule has 1 aromatic rings. The van der Waals surface area contributed by atoms with Crippen molar-refractivity contribution >= 4 is 18.4 Å². The highest BCUT2D eigenvalue weighted by Gasteiger charge is 2.17. The molecule has 0 radical (unpaired) electrons. The van der Waals surface area contributed by atoms with Crippen molar-refractivity contribution in [2.45, 2.75) is 93.5 Å². The molecule has 0 aliphatic rings. The van der Waals surface area contributed by atoms with Crippen molar-refractivity contribution in [1.29, 1.82) is 0 Å². The molecule has 0 heterocycles. The van der Waals surface area contributed by atoms with Crippen molar-refractivity contribution < 1.29 is 23.5 Å². The molecule has 0 aliphatic heterocycles. The number of carbonyl (C=O) groups is 2. The second-order valence-corrected chi connectivity index (χ2v) is 8.86. The third kappa shape index (κ3) is 19.3. The van der Waals surface area contributed by atoms with Crippen LogP contribution < -0.4 is 14.8 Å².